The summed E-state index contributed by atoms with van der Waals surface area (Å²) < 4.78 is 38.2. The first-order valence-corrected chi connectivity index (χ1v) is 6.68. The minimum absolute atomic E-state index is 0.303. The monoisotopic (exact) mass is 348 g/mol. The van der Waals surface area contributed by atoms with Crippen molar-refractivity contribution in [1.82, 2.24) is 20.7 Å². The van der Waals surface area contributed by atoms with Crippen LogP contribution >= 0.6 is 0 Å². The first-order valence-electron chi connectivity index (χ1n) is 6.68. The van der Waals surface area contributed by atoms with Crippen LogP contribution in [0.1, 0.15) is 19.4 Å². The maximum absolute atomic E-state index is 12.6. The van der Waals surface area contributed by atoms with Crippen LogP contribution in [0.5, 0.6) is 0 Å². The van der Waals surface area contributed by atoms with E-state index >= 15 is 0 Å². The van der Waals surface area contributed by atoms with Gasteiger partial charge in [-0.15, -0.1) is 0 Å². The largest absolute Gasteiger partial charge is 0.417 e. The predicted octanol–water partition coefficient (Wildman–Crippen LogP) is -0.461. The molecule has 0 spiro atoms. The van der Waals surface area contributed by atoms with Gasteiger partial charge in [0, 0.05) is 18.3 Å². The van der Waals surface area contributed by atoms with Gasteiger partial charge in [0.1, 0.15) is 6.54 Å². The summed E-state index contributed by atoms with van der Waals surface area (Å²) in [5.74, 6) is -3.14. The molecule has 0 saturated carbocycles. The first-order chi connectivity index (χ1) is 11.0. The highest BCUT2D eigenvalue weighted by atomic mass is 19.4. The number of alkyl halides is 3. The second kappa shape index (κ2) is 7.62. The lowest BCUT2D eigenvalue weighted by atomic mass is 10.3. The molecule has 3 amide bonds. The topological polar surface area (TPSA) is 109 Å². The third kappa shape index (κ3) is 5.74. The Balaban J connectivity index is 2.67. The number of nitrogens with one attached hydrogen (secondary N) is 3. The predicted molar refractivity (Wildman–Crippen MR) is 75.3 cm³/mol. The highest BCUT2D eigenvalue weighted by Gasteiger charge is 2.31. The summed E-state index contributed by atoms with van der Waals surface area (Å²) in [6.07, 6.45) is -4.19. The lowest BCUT2D eigenvalue weighted by Crippen LogP contribution is -2.50. The number of carbonyl (C=O) groups excluding carboxylic acids is 3. The Bertz CT molecular complexity index is 697. The number of pyridine rings is 1. The van der Waals surface area contributed by atoms with Crippen molar-refractivity contribution < 1.29 is 27.6 Å². The molecule has 0 radical (unpaired) electrons. The van der Waals surface area contributed by atoms with Crippen LogP contribution in [-0.4, -0.2) is 28.3 Å². The van der Waals surface area contributed by atoms with Gasteiger partial charge in [-0.3, -0.25) is 30.0 Å². The summed E-state index contributed by atoms with van der Waals surface area (Å²) in [6.45, 7) is 2.46. The van der Waals surface area contributed by atoms with E-state index in [0.29, 0.717) is 22.9 Å². The van der Waals surface area contributed by atoms with E-state index in [4.69, 9.17) is 0 Å². The number of amides is 3. The van der Waals surface area contributed by atoms with E-state index in [1.165, 1.54) is 0 Å². The molecule has 24 heavy (non-hydrogen) atoms. The fourth-order valence-electron chi connectivity index (χ4n) is 1.53. The number of rotatable bonds is 3. The van der Waals surface area contributed by atoms with Crippen LogP contribution in [0.25, 0.3) is 0 Å². The Morgan fingerprint density at radius 3 is 2.29 bits per heavy atom. The quantitative estimate of drug-likeness (QED) is 0.507. The maximum Gasteiger partial charge on any atom is 0.417 e. The number of halogens is 3. The molecule has 0 bridgehead atoms. The molecule has 0 saturated heterocycles. The van der Waals surface area contributed by atoms with E-state index < -0.39 is 41.6 Å². The Labute approximate surface area is 134 Å². The standard InChI is InChI=1S/C13H15F3N4O4/c1-7(2)17-11(23)12(24)19-18-9(21)6-20-5-8(13(14,15)16)3-4-10(20)22/h3-5,7H,6H2,1-2H3,(H,17,23)(H,18,21)(H,19,24). The molecule has 0 aliphatic rings. The van der Waals surface area contributed by atoms with Gasteiger partial charge in [0.15, 0.2) is 0 Å². The molecule has 0 atom stereocenters. The minimum atomic E-state index is -4.67. The number of aromatic nitrogens is 1. The molecule has 0 fully saturated rings. The SMILES string of the molecule is CC(C)NC(=O)C(=O)NNC(=O)Cn1cc(C(F)(F)F)ccc1=O. The van der Waals surface area contributed by atoms with Gasteiger partial charge in [0.2, 0.25) is 0 Å². The highest BCUT2D eigenvalue weighted by Crippen LogP contribution is 2.27. The van der Waals surface area contributed by atoms with Crippen molar-refractivity contribution in [3.05, 3.63) is 34.2 Å². The zero-order valence-electron chi connectivity index (χ0n) is 12.7. The Morgan fingerprint density at radius 1 is 1.12 bits per heavy atom. The van der Waals surface area contributed by atoms with Crippen molar-refractivity contribution in [1.29, 1.82) is 0 Å². The summed E-state index contributed by atoms with van der Waals surface area (Å²) in [7, 11) is 0. The molecule has 8 nitrogen and oxygen atoms in total. The van der Waals surface area contributed by atoms with Gasteiger partial charge in [-0.1, -0.05) is 0 Å². The van der Waals surface area contributed by atoms with E-state index in [2.05, 4.69) is 5.32 Å². The number of nitrogens with zero attached hydrogens (tertiary/aromatic N) is 1. The van der Waals surface area contributed by atoms with E-state index in [9.17, 15) is 32.3 Å². The molecular weight excluding hydrogens is 333 g/mol. The van der Waals surface area contributed by atoms with E-state index in [1.54, 1.807) is 19.3 Å². The number of hydrogen-bond donors (Lipinski definition) is 3. The summed E-state index contributed by atoms with van der Waals surface area (Å²) >= 11 is 0. The molecule has 11 heteroatoms. The van der Waals surface area contributed by atoms with Gasteiger partial charge < -0.3 is 9.88 Å². The molecule has 0 unspecified atom stereocenters. The molecular formula is C13H15F3N4O4. The Hall–Kier alpha value is -2.85. The van der Waals surface area contributed by atoms with Crippen molar-refractivity contribution in [3.8, 4) is 0 Å². The van der Waals surface area contributed by atoms with Gasteiger partial charge >= 0.3 is 18.0 Å². The van der Waals surface area contributed by atoms with Crippen LogP contribution in [0.2, 0.25) is 0 Å². The van der Waals surface area contributed by atoms with Crippen LogP contribution in [-0.2, 0) is 27.1 Å². The van der Waals surface area contributed by atoms with Crippen molar-refractivity contribution in [2.45, 2.75) is 32.6 Å². The zero-order chi connectivity index (χ0) is 18.5. The lowest BCUT2D eigenvalue weighted by Gasteiger charge is -2.12. The molecule has 1 rings (SSSR count). The summed E-state index contributed by atoms with van der Waals surface area (Å²) in [5, 5.41) is 2.27. The third-order valence-corrected chi connectivity index (χ3v) is 2.57. The first kappa shape index (κ1) is 19.2. The van der Waals surface area contributed by atoms with Crippen molar-refractivity contribution in [2.24, 2.45) is 0 Å². The third-order valence-electron chi connectivity index (χ3n) is 2.57. The molecule has 1 aromatic heterocycles. The van der Waals surface area contributed by atoms with Gasteiger partial charge in [-0.25, -0.2) is 0 Å². The summed E-state index contributed by atoms with van der Waals surface area (Å²) in [6, 6.07) is 0.960. The average Bonchev–Trinajstić information content (AvgIpc) is 2.45. The zero-order valence-corrected chi connectivity index (χ0v) is 12.7. The Morgan fingerprint density at radius 2 is 1.75 bits per heavy atom. The molecule has 1 aromatic rings. The van der Waals surface area contributed by atoms with Crippen LogP contribution in [0, 0.1) is 0 Å². The molecule has 0 aliphatic carbocycles. The van der Waals surface area contributed by atoms with Crippen LogP contribution in [0.3, 0.4) is 0 Å². The average molecular weight is 348 g/mol. The molecule has 0 aromatic carbocycles. The molecule has 0 aliphatic heterocycles. The second-order valence-electron chi connectivity index (χ2n) is 5.01. The van der Waals surface area contributed by atoms with Gasteiger partial charge in [0.25, 0.3) is 11.5 Å². The molecule has 1 heterocycles. The normalized spacial score (nSPS) is 11.1. The fraction of sp³-hybridized carbons (Fsp3) is 0.385. The van der Waals surface area contributed by atoms with E-state index in [-0.39, 0.29) is 6.04 Å². The van der Waals surface area contributed by atoms with Crippen LogP contribution in [0.4, 0.5) is 13.2 Å². The maximum atomic E-state index is 12.6. The minimum Gasteiger partial charge on any atom is -0.346 e. The van der Waals surface area contributed by atoms with Crippen molar-refractivity contribution >= 4 is 17.7 Å². The van der Waals surface area contributed by atoms with E-state index in [0.717, 1.165) is 0 Å². The smallest absolute Gasteiger partial charge is 0.346 e. The van der Waals surface area contributed by atoms with Crippen molar-refractivity contribution in [3.63, 3.8) is 0 Å². The highest BCUT2D eigenvalue weighted by molar-refractivity contribution is 6.35. The van der Waals surface area contributed by atoms with Gasteiger partial charge in [0.05, 0.1) is 5.56 Å². The van der Waals surface area contributed by atoms with Crippen LogP contribution < -0.4 is 21.7 Å². The summed E-state index contributed by atoms with van der Waals surface area (Å²) in [4.78, 5) is 45.7. The van der Waals surface area contributed by atoms with Crippen molar-refractivity contribution in [2.75, 3.05) is 0 Å². The molecule has 3 N–H and O–H groups in total. The summed E-state index contributed by atoms with van der Waals surface area (Å²) in [5.41, 5.74) is 1.68. The number of carbonyl (C=O) groups is 3. The lowest BCUT2D eigenvalue weighted by molar-refractivity contribution is -0.141. The Kier molecular flexibility index (Phi) is 6.09. The van der Waals surface area contributed by atoms with Gasteiger partial charge in [-0.2, -0.15) is 13.2 Å². The van der Waals surface area contributed by atoms with Crippen LogP contribution in [0.15, 0.2) is 23.1 Å². The van der Waals surface area contributed by atoms with E-state index in [1.807, 2.05) is 5.43 Å². The van der Waals surface area contributed by atoms with Gasteiger partial charge in [-0.05, 0) is 19.9 Å². The number of hydrazine groups is 1. The number of hydrogen-bond acceptors (Lipinski definition) is 4. The fourth-order valence-corrected chi connectivity index (χ4v) is 1.53. The second-order valence-corrected chi connectivity index (χ2v) is 5.01. The molecule has 132 valence electrons.